The fourth-order valence-electron chi connectivity index (χ4n) is 5.68. The van der Waals surface area contributed by atoms with E-state index in [1.807, 2.05) is 12.1 Å². The molecule has 0 amide bonds. The van der Waals surface area contributed by atoms with Crippen molar-refractivity contribution in [1.29, 1.82) is 0 Å². The monoisotopic (exact) mass is 448 g/mol. The van der Waals surface area contributed by atoms with Gasteiger partial charge in [0.05, 0.1) is 5.41 Å². The summed E-state index contributed by atoms with van der Waals surface area (Å²) in [6, 6.07) is 21.0. The molecule has 0 heterocycles. The Kier molecular flexibility index (Phi) is 7.46. The molecule has 2 aromatic carbocycles. The molecule has 2 aromatic rings. The molecule has 1 fully saturated rings. The Bertz CT molecular complexity index is 856. The number of hydrogen-bond donors (Lipinski definition) is 0. The predicted octanol–water partition coefficient (Wildman–Crippen LogP) is 8.54. The van der Waals surface area contributed by atoms with E-state index >= 15 is 0 Å². The fourth-order valence-corrected chi connectivity index (χ4v) is 5.68. The molecule has 0 spiro atoms. The number of esters is 1. The normalized spacial score (nSPS) is 17.9. The van der Waals surface area contributed by atoms with Gasteiger partial charge in [-0.1, -0.05) is 121 Å². The van der Waals surface area contributed by atoms with Crippen LogP contribution in [0.3, 0.4) is 0 Å². The third-order valence-electron chi connectivity index (χ3n) is 7.83. The maximum atomic E-state index is 14.4. The summed E-state index contributed by atoms with van der Waals surface area (Å²) < 4.78 is 6.95. The van der Waals surface area contributed by atoms with Crippen molar-refractivity contribution in [2.75, 3.05) is 0 Å². The molecule has 180 valence electrons. The van der Waals surface area contributed by atoms with Gasteiger partial charge in [0.2, 0.25) is 0 Å². The zero-order valence-electron chi connectivity index (χ0n) is 21.9. The van der Waals surface area contributed by atoms with Crippen molar-refractivity contribution < 1.29 is 9.53 Å². The van der Waals surface area contributed by atoms with Gasteiger partial charge in [-0.3, -0.25) is 4.79 Å². The lowest BCUT2D eigenvalue weighted by Crippen LogP contribution is -2.50. The van der Waals surface area contributed by atoms with Gasteiger partial charge in [0, 0.05) is 17.0 Å². The summed E-state index contributed by atoms with van der Waals surface area (Å²) in [5, 5.41) is 0. The molecular formula is C31H44O2. The average Bonchev–Trinajstić information content (AvgIpc) is 2.77. The first kappa shape index (κ1) is 25.5. The highest BCUT2D eigenvalue weighted by atomic mass is 16.6. The van der Waals surface area contributed by atoms with Gasteiger partial charge in [-0.2, -0.15) is 0 Å². The fraction of sp³-hybridized carbons (Fsp3) is 0.581. The van der Waals surface area contributed by atoms with Crippen LogP contribution in [-0.4, -0.2) is 5.97 Å². The van der Waals surface area contributed by atoms with Crippen molar-refractivity contribution in [3.05, 3.63) is 71.8 Å². The molecule has 33 heavy (non-hydrogen) atoms. The standard InChI is InChI=1S/C31H44O2/c1-28(2,3)23-30(7,29(4,5)6)27(32)33-31(24-17-11-8-12-18-24,25-19-13-9-14-20-25)26-21-15-10-16-22-26/h8-9,11-14,17-20,26H,10,15-16,21-23H2,1-7H3. The highest BCUT2D eigenvalue weighted by Gasteiger charge is 2.53. The molecule has 1 aliphatic carbocycles. The third-order valence-corrected chi connectivity index (χ3v) is 7.83. The summed E-state index contributed by atoms with van der Waals surface area (Å²) in [6.45, 7) is 15.3. The van der Waals surface area contributed by atoms with Gasteiger partial charge in [0.25, 0.3) is 0 Å². The second-order valence-electron chi connectivity index (χ2n) is 12.5. The summed E-state index contributed by atoms with van der Waals surface area (Å²) in [4.78, 5) is 14.4. The summed E-state index contributed by atoms with van der Waals surface area (Å²) in [7, 11) is 0. The van der Waals surface area contributed by atoms with E-state index in [0.29, 0.717) is 0 Å². The Morgan fingerprint density at radius 2 is 1.21 bits per heavy atom. The van der Waals surface area contributed by atoms with Crippen LogP contribution < -0.4 is 0 Å². The van der Waals surface area contributed by atoms with Crippen molar-refractivity contribution in [3.8, 4) is 0 Å². The van der Waals surface area contributed by atoms with Crippen LogP contribution >= 0.6 is 0 Å². The molecule has 0 radical (unpaired) electrons. The summed E-state index contributed by atoms with van der Waals surface area (Å²) in [6.07, 6.45) is 6.54. The van der Waals surface area contributed by atoms with E-state index in [-0.39, 0.29) is 22.7 Å². The van der Waals surface area contributed by atoms with Crippen LogP contribution in [0.2, 0.25) is 0 Å². The van der Waals surface area contributed by atoms with Gasteiger partial charge in [-0.25, -0.2) is 0 Å². The molecule has 1 unspecified atom stereocenters. The van der Waals surface area contributed by atoms with E-state index in [9.17, 15) is 4.79 Å². The van der Waals surface area contributed by atoms with Crippen molar-refractivity contribution in [2.24, 2.45) is 22.2 Å². The van der Waals surface area contributed by atoms with Crippen LogP contribution in [0.5, 0.6) is 0 Å². The Hall–Kier alpha value is -2.09. The van der Waals surface area contributed by atoms with Crippen molar-refractivity contribution in [3.63, 3.8) is 0 Å². The maximum absolute atomic E-state index is 14.4. The van der Waals surface area contributed by atoms with Crippen LogP contribution in [-0.2, 0) is 15.1 Å². The highest BCUT2D eigenvalue weighted by molar-refractivity contribution is 5.78. The molecule has 1 aliphatic rings. The van der Waals surface area contributed by atoms with Crippen LogP contribution in [0.1, 0.15) is 98.1 Å². The molecule has 0 N–H and O–H groups in total. The first-order valence-corrected chi connectivity index (χ1v) is 12.7. The first-order valence-electron chi connectivity index (χ1n) is 12.7. The molecule has 0 saturated heterocycles. The number of carbonyl (C=O) groups excluding carboxylic acids is 1. The van der Waals surface area contributed by atoms with Gasteiger partial charge in [-0.05, 0) is 37.0 Å². The molecule has 1 atom stereocenters. The van der Waals surface area contributed by atoms with Crippen LogP contribution in [0.15, 0.2) is 60.7 Å². The van der Waals surface area contributed by atoms with E-state index in [2.05, 4.69) is 97.0 Å². The van der Waals surface area contributed by atoms with Gasteiger partial charge < -0.3 is 4.74 Å². The summed E-state index contributed by atoms with van der Waals surface area (Å²) in [5.41, 5.74) is 0.558. The Balaban J connectivity index is 2.19. The van der Waals surface area contributed by atoms with Crippen molar-refractivity contribution in [2.45, 2.75) is 92.6 Å². The number of hydrogen-bond acceptors (Lipinski definition) is 2. The molecular weight excluding hydrogens is 404 g/mol. The molecule has 2 nitrogen and oxygen atoms in total. The summed E-state index contributed by atoms with van der Waals surface area (Å²) in [5.74, 6) is 0.182. The second-order valence-corrected chi connectivity index (χ2v) is 12.5. The van der Waals surface area contributed by atoms with Gasteiger partial charge >= 0.3 is 5.97 Å². The zero-order chi connectivity index (χ0) is 24.3. The number of benzene rings is 2. The van der Waals surface area contributed by atoms with Gasteiger partial charge in [-0.15, -0.1) is 0 Å². The SMILES string of the molecule is CC(C)(C)CC(C)(C(=O)OC(c1ccccc1)(c1ccccc1)C1CCCCC1)C(C)(C)C. The lowest BCUT2D eigenvalue weighted by atomic mass is 9.61. The second kappa shape index (κ2) is 9.65. The van der Waals surface area contributed by atoms with E-state index < -0.39 is 11.0 Å². The Labute approximate surface area is 202 Å². The van der Waals surface area contributed by atoms with Crippen LogP contribution in [0.4, 0.5) is 0 Å². The molecule has 0 bridgehead atoms. The maximum Gasteiger partial charge on any atom is 0.313 e. The molecule has 3 rings (SSSR count). The minimum Gasteiger partial charge on any atom is -0.448 e. The molecule has 1 saturated carbocycles. The lowest BCUT2D eigenvalue weighted by molar-refractivity contribution is -0.185. The first-order chi connectivity index (χ1) is 15.4. The van der Waals surface area contributed by atoms with Crippen molar-refractivity contribution in [1.82, 2.24) is 0 Å². The molecule has 2 heteroatoms. The highest BCUT2D eigenvalue weighted by Crippen LogP contribution is 2.52. The third kappa shape index (κ3) is 5.36. The lowest BCUT2D eigenvalue weighted by Gasteiger charge is -2.48. The van der Waals surface area contributed by atoms with Crippen LogP contribution in [0.25, 0.3) is 0 Å². The Morgan fingerprint density at radius 1 is 0.758 bits per heavy atom. The Morgan fingerprint density at radius 3 is 1.61 bits per heavy atom. The summed E-state index contributed by atoms with van der Waals surface area (Å²) >= 11 is 0. The zero-order valence-corrected chi connectivity index (χ0v) is 21.9. The average molecular weight is 449 g/mol. The van der Waals surface area contributed by atoms with E-state index in [1.54, 1.807) is 0 Å². The number of carbonyl (C=O) groups is 1. The minimum absolute atomic E-state index is 0.00798. The van der Waals surface area contributed by atoms with Gasteiger partial charge in [0.1, 0.15) is 0 Å². The van der Waals surface area contributed by atoms with Gasteiger partial charge in [0.15, 0.2) is 5.60 Å². The van der Waals surface area contributed by atoms with E-state index in [4.69, 9.17) is 4.74 Å². The van der Waals surface area contributed by atoms with Crippen LogP contribution in [0, 0.1) is 22.2 Å². The smallest absolute Gasteiger partial charge is 0.313 e. The van der Waals surface area contributed by atoms with E-state index in [0.717, 1.165) is 30.4 Å². The number of rotatable bonds is 6. The minimum atomic E-state index is -0.773. The quantitative estimate of drug-likeness (QED) is 0.414. The largest absolute Gasteiger partial charge is 0.448 e. The molecule has 0 aromatic heterocycles. The topological polar surface area (TPSA) is 26.3 Å². The number of ether oxygens (including phenoxy) is 1. The van der Waals surface area contributed by atoms with Crippen molar-refractivity contribution >= 4 is 5.97 Å². The predicted molar refractivity (Wildman–Crippen MR) is 138 cm³/mol. The molecule has 0 aliphatic heterocycles. The van der Waals surface area contributed by atoms with E-state index in [1.165, 1.54) is 19.3 Å².